The average Bonchev–Trinajstić information content (AvgIpc) is 3.59. The normalized spacial score (nSPS) is 11.2. The number of aromatic nitrogens is 1. The summed E-state index contributed by atoms with van der Waals surface area (Å²) in [6, 6.07) is 36.4. The molecule has 0 atom stereocenters. The highest BCUT2D eigenvalue weighted by atomic mass is 32.2. The molecule has 0 aliphatic heterocycles. The first-order valence-electron chi connectivity index (χ1n) is 18.8. The zero-order valence-electron chi connectivity index (χ0n) is 32.8. The number of nitrogens with one attached hydrogen (secondary N) is 3. The number of aromatic carboxylic acids is 2. The number of carboxylic acids is 2. The fourth-order valence-corrected chi connectivity index (χ4v) is 10.0. The molecular weight excluding hydrogens is 825 g/mol. The van der Waals surface area contributed by atoms with Gasteiger partial charge in [0.15, 0.2) is 9.34 Å². The summed E-state index contributed by atoms with van der Waals surface area (Å²) in [6.07, 6.45) is 3.69. The molecule has 5 N–H and O–H groups in total. The lowest BCUT2D eigenvalue weighted by molar-refractivity contribution is -0.114. The predicted molar refractivity (Wildman–Crippen MR) is 233 cm³/mol. The Kier molecular flexibility index (Phi) is 15.3. The van der Waals surface area contributed by atoms with Crippen LogP contribution in [0.4, 0.5) is 16.5 Å². The van der Waals surface area contributed by atoms with Crippen molar-refractivity contribution >= 4 is 65.7 Å². The van der Waals surface area contributed by atoms with E-state index < -0.39 is 32.0 Å². The highest BCUT2D eigenvalue weighted by Crippen LogP contribution is 2.30. The molecule has 0 aliphatic rings. The fraction of sp³-hybridized carbons (Fsp3) is 0.182. The monoisotopic (exact) mass is 868 g/mol. The number of nitrogens with zero attached hydrogens (tertiary/aromatic N) is 1. The van der Waals surface area contributed by atoms with E-state index in [9.17, 15) is 41.4 Å². The van der Waals surface area contributed by atoms with Crippen LogP contribution in [-0.2, 0) is 50.5 Å². The topological polar surface area (TPSA) is 209 Å². The number of sulfonamides is 2. The van der Waals surface area contributed by atoms with Gasteiger partial charge in [0.05, 0.1) is 33.1 Å². The van der Waals surface area contributed by atoms with E-state index in [1.165, 1.54) is 6.92 Å². The van der Waals surface area contributed by atoms with Crippen LogP contribution in [0.15, 0.2) is 136 Å². The minimum atomic E-state index is -3.90. The van der Waals surface area contributed by atoms with Crippen LogP contribution < -0.4 is 14.8 Å². The van der Waals surface area contributed by atoms with Crippen molar-refractivity contribution in [3.8, 4) is 0 Å². The largest absolute Gasteiger partial charge is 0.478 e. The Balaban J connectivity index is 0.000000230. The molecule has 0 saturated heterocycles. The summed E-state index contributed by atoms with van der Waals surface area (Å²) in [7, 11) is -7.56. The van der Waals surface area contributed by atoms with Crippen LogP contribution in [0.25, 0.3) is 0 Å². The SMILES string of the molecule is CC(=O)Nc1nc(C)c(S(=O)(=O)Nc2ccccc2CCCc2ccccc2C(=O)O)s1.O=C(O)c1ccccc1CCCc1ccccc1NS(=O)(=O)c1ccccc1. The number of hydrogen-bond donors (Lipinski definition) is 5. The number of carbonyl (C=O) groups is 3. The molecule has 16 heteroatoms. The summed E-state index contributed by atoms with van der Waals surface area (Å²) in [5.74, 6) is -2.23. The molecule has 5 aromatic carbocycles. The van der Waals surface area contributed by atoms with E-state index in [-0.39, 0.29) is 25.7 Å². The Bertz CT molecular complexity index is 2680. The standard InChI is InChI=1S/C22H23N3O5S2.C22H21NO4S/c1-14-21(31-22(23-14)24-15(2)26)32(29,30)25-19-13-6-4-9-17(19)11-7-10-16-8-3-5-12-18(16)20(27)28;24-22(25)20-15-6-4-9-17(20)11-8-12-18-10-5-7-16-21(18)23-28(26,27)19-13-2-1-3-14-19/h3-6,8-9,12-13,25H,7,10-11H2,1-2H3,(H,27,28)(H,23,24,26);1-7,9-10,13-16,23H,8,11-12H2,(H,24,25). The maximum Gasteiger partial charge on any atom is 0.335 e. The number of rotatable bonds is 17. The van der Waals surface area contributed by atoms with Crippen molar-refractivity contribution in [1.82, 2.24) is 4.98 Å². The Morgan fingerprint density at radius 1 is 0.567 bits per heavy atom. The lowest BCUT2D eigenvalue weighted by atomic mass is 9.99. The molecule has 0 fully saturated rings. The smallest absolute Gasteiger partial charge is 0.335 e. The molecule has 1 amide bonds. The Morgan fingerprint density at radius 3 is 1.43 bits per heavy atom. The van der Waals surface area contributed by atoms with Crippen LogP contribution in [0.1, 0.15) is 68.4 Å². The molecule has 312 valence electrons. The molecule has 1 heterocycles. The summed E-state index contributed by atoms with van der Waals surface area (Å²) in [5, 5.41) is 21.3. The predicted octanol–water partition coefficient (Wildman–Crippen LogP) is 8.45. The third-order valence-corrected chi connectivity index (χ3v) is 13.6. The first-order valence-corrected chi connectivity index (χ1v) is 22.6. The van der Waals surface area contributed by atoms with Crippen LogP contribution in [-0.4, -0.2) is 49.9 Å². The quantitative estimate of drug-likeness (QED) is 0.0591. The Hall–Kier alpha value is -6.36. The van der Waals surface area contributed by atoms with Crippen molar-refractivity contribution in [3.05, 3.63) is 166 Å². The van der Waals surface area contributed by atoms with E-state index in [0.717, 1.165) is 33.6 Å². The summed E-state index contributed by atoms with van der Waals surface area (Å²) >= 11 is 0.890. The molecule has 13 nitrogen and oxygen atoms in total. The molecule has 6 aromatic rings. The van der Waals surface area contributed by atoms with Crippen molar-refractivity contribution in [3.63, 3.8) is 0 Å². The number of amides is 1. The Morgan fingerprint density at radius 2 is 0.967 bits per heavy atom. The van der Waals surface area contributed by atoms with E-state index in [2.05, 4.69) is 19.7 Å². The lowest BCUT2D eigenvalue weighted by Gasteiger charge is -2.13. The third kappa shape index (κ3) is 12.3. The summed E-state index contributed by atoms with van der Waals surface area (Å²) < 4.78 is 56.4. The van der Waals surface area contributed by atoms with E-state index in [4.69, 9.17) is 0 Å². The van der Waals surface area contributed by atoms with Gasteiger partial charge in [-0.1, -0.05) is 102 Å². The van der Waals surface area contributed by atoms with Gasteiger partial charge in [0.1, 0.15) is 0 Å². The molecule has 0 saturated carbocycles. The highest BCUT2D eigenvalue weighted by Gasteiger charge is 2.23. The highest BCUT2D eigenvalue weighted by molar-refractivity contribution is 7.94. The summed E-state index contributed by atoms with van der Waals surface area (Å²) in [4.78, 5) is 38.3. The van der Waals surface area contributed by atoms with Gasteiger partial charge < -0.3 is 15.5 Å². The maximum absolute atomic E-state index is 13.0. The van der Waals surface area contributed by atoms with Crippen LogP contribution in [0.5, 0.6) is 0 Å². The van der Waals surface area contributed by atoms with Crippen LogP contribution in [0.2, 0.25) is 0 Å². The van der Waals surface area contributed by atoms with Crippen LogP contribution >= 0.6 is 11.3 Å². The summed E-state index contributed by atoms with van der Waals surface area (Å²) in [6.45, 7) is 2.90. The van der Waals surface area contributed by atoms with Gasteiger partial charge in [-0.3, -0.25) is 14.2 Å². The lowest BCUT2D eigenvalue weighted by Crippen LogP contribution is -2.14. The second-order valence-electron chi connectivity index (χ2n) is 13.5. The van der Waals surface area contributed by atoms with Gasteiger partial charge in [-0.2, -0.15) is 0 Å². The molecule has 0 radical (unpaired) electrons. The van der Waals surface area contributed by atoms with Gasteiger partial charge in [-0.25, -0.2) is 31.4 Å². The van der Waals surface area contributed by atoms with Crippen molar-refractivity contribution < 1.29 is 41.4 Å². The van der Waals surface area contributed by atoms with Crippen molar-refractivity contribution in [2.45, 2.75) is 61.5 Å². The van der Waals surface area contributed by atoms with Crippen molar-refractivity contribution in [2.24, 2.45) is 0 Å². The first-order chi connectivity index (χ1) is 28.6. The van der Waals surface area contributed by atoms with Gasteiger partial charge >= 0.3 is 11.9 Å². The molecule has 0 bridgehead atoms. The molecule has 1 aromatic heterocycles. The molecular formula is C44H44N4O9S3. The minimum Gasteiger partial charge on any atom is -0.478 e. The number of thiazole rings is 1. The van der Waals surface area contributed by atoms with Crippen molar-refractivity contribution in [1.29, 1.82) is 0 Å². The number of para-hydroxylation sites is 2. The van der Waals surface area contributed by atoms with E-state index in [1.807, 2.05) is 36.4 Å². The second kappa shape index (κ2) is 20.6. The van der Waals surface area contributed by atoms with Gasteiger partial charge in [0.2, 0.25) is 5.91 Å². The maximum atomic E-state index is 13.0. The molecule has 0 unspecified atom stereocenters. The van der Waals surface area contributed by atoms with E-state index in [1.54, 1.807) is 97.9 Å². The molecule has 0 aliphatic carbocycles. The number of aryl methyl sites for hydroxylation is 5. The minimum absolute atomic E-state index is 0.0337. The molecule has 60 heavy (non-hydrogen) atoms. The third-order valence-electron chi connectivity index (χ3n) is 9.14. The number of carboxylic acid groups (broad SMARTS) is 2. The first kappa shape index (κ1) is 44.7. The molecule has 0 spiro atoms. The number of carbonyl (C=O) groups excluding carboxylic acids is 1. The van der Waals surface area contributed by atoms with E-state index in [0.29, 0.717) is 61.2 Å². The average molecular weight is 869 g/mol. The van der Waals surface area contributed by atoms with Crippen LogP contribution in [0.3, 0.4) is 0 Å². The molecule has 6 rings (SSSR count). The number of benzene rings is 5. The number of anilines is 3. The zero-order chi connectivity index (χ0) is 43.3. The van der Waals surface area contributed by atoms with Gasteiger partial charge in [0.25, 0.3) is 20.0 Å². The van der Waals surface area contributed by atoms with Gasteiger partial charge in [-0.15, -0.1) is 0 Å². The van der Waals surface area contributed by atoms with Crippen molar-refractivity contribution in [2.75, 3.05) is 14.8 Å². The Labute approximate surface area is 353 Å². The van der Waals surface area contributed by atoms with Gasteiger partial charge in [-0.05, 0) is 104 Å². The number of hydrogen-bond acceptors (Lipinski definition) is 9. The zero-order valence-corrected chi connectivity index (χ0v) is 35.2. The summed E-state index contributed by atoms with van der Waals surface area (Å²) in [5.41, 5.74) is 5.06. The van der Waals surface area contributed by atoms with E-state index >= 15 is 0 Å². The second-order valence-corrected chi connectivity index (χ2v) is 18.1. The van der Waals surface area contributed by atoms with Crippen LogP contribution in [0, 0.1) is 6.92 Å². The fourth-order valence-electron chi connectivity index (χ4n) is 6.34. The van der Waals surface area contributed by atoms with Gasteiger partial charge in [0, 0.05) is 6.92 Å².